The summed E-state index contributed by atoms with van der Waals surface area (Å²) in [5.41, 5.74) is 2.18. The highest BCUT2D eigenvalue weighted by Crippen LogP contribution is 2.30. The molecule has 0 heterocycles. The van der Waals surface area contributed by atoms with E-state index >= 15 is 0 Å². The second-order valence-corrected chi connectivity index (χ2v) is 5.00. The second-order valence-electron chi connectivity index (χ2n) is 5.00. The summed E-state index contributed by atoms with van der Waals surface area (Å²) in [5.74, 6) is 0.252. The van der Waals surface area contributed by atoms with Crippen molar-refractivity contribution in [1.82, 2.24) is 0 Å². The van der Waals surface area contributed by atoms with E-state index in [1.54, 1.807) is 0 Å². The van der Waals surface area contributed by atoms with Crippen LogP contribution in [0.1, 0.15) is 31.2 Å². The number of benzene rings is 1. The van der Waals surface area contributed by atoms with Crippen molar-refractivity contribution >= 4 is 11.7 Å². The van der Waals surface area contributed by atoms with Gasteiger partial charge in [-0.3, -0.25) is 0 Å². The number of hydrogen-bond donors (Lipinski definition) is 1. The smallest absolute Gasteiger partial charge is 0.328 e. The minimum absolute atomic E-state index is 0.148. The molecule has 0 aliphatic heterocycles. The number of rotatable bonds is 4. The van der Waals surface area contributed by atoms with Gasteiger partial charge in [-0.15, -0.1) is 0 Å². The first-order valence-corrected chi connectivity index (χ1v) is 6.62. The molecule has 98 valence electrons. The van der Waals surface area contributed by atoms with Gasteiger partial charge in [-0.1, -0.05) is 31.0 Å². The molecule has 1 saturated carbocycles. The van der Waals surface area contributed by atoms with Crippen molar-refractivity contribution in [2.75, 3.05) is 12.4 Å². The number of carbonyl (C=O) groups is 1. The summed E-state index contributed by atoms with van der Waals surface area (Å²) in [7, 11) is 1.46. The van der Waals surface area contributed by atoms with Gasteiger partial charge in [-0.25, -0.2) is 4.79 Å². The van der Waals surface area contributed by atoms with E-state index in [0.29, 0.717) is 5.92 Å². The third-order valence-electron chi connectivity index (χ3n) is 3.78. The van der Waals surface area contributed by atoms with Gasteiger partial charge in [0.1, 0.15) is 6.04 Å². The zero-order valence-electron chi connectivity index (χ0n) is 11.1. The molecule has 0 spiro atoms. The number of carbonyl (C=O) groups excluding carboxylic acids is 1. The molecule has 1 fully saturated rings. The molecule has 3 nitrogen and oxygen atoms in total. The van der Waals surface area contributed by atoms with Gasteiger partial charge in [-0.05, 0) is 37.3 Å². The van der Waals surface area contributed by atoms with E-state index in [-0.39, 0.29) is 12.0 Å². The van der Waals surface area contributed by atoms with Crippen molar-refractivity contribution in [2.24, 2.45) is 5.92 Å². The topological polar surface area (TPSA) is 38.3 Å². The molecule has 3 heteroatoms. The van der Waals surface area contributed by atoms with Crippen molar-refractivity contribution in [3.05, 3.63) is 29.8 Å². The molecule has 0 amide bonds. The van der Waals surface area contributed by atoms with E-state index in [1.807, 2.05) is 31.2 Å². The lowest BCUT2D eigenvalue weighted by atomic mass is 9.97. The lowest BCUT2D eigenvalue weighted by Crippen LogP contribution is -2.37. The maximum atomic E-state index is 11.9. The van der Waals surface area contributed by atoms with Crippen LogP contribution in [0.5, 0.6) is 0 Å². The number of methoxy groups -OCH3 is 1. The van der Waals surface area contributed by atoms with Crippen LogP contribution in [-0.4, -0.2) is 19.1 Å². The number of ether oxygens (including phenoxy) is 1. The van der Waals surface area contributed by atoms with Crippen LogP contribution in [0, 0.1) is 12.8 Å². The van der Waals surface area contributed by atoms with E-state index in [9.17, 15) is 4.79 Å². The lowest BCUT2D eigenvalue weighted by Gasteiger charge is -2.24. The molecule has 1 aromatic carbocycles. The summed E-state index contributed by atoms with van der Waals surface area (Å²) < 4.78 is 4.94. The van der Waals surface area contributed by atoms with E-state index in [1.165, 1.54) is 20.0 Å². The van der Waals surface area contributed by atoms with Crippen LogP contribution >= 0.6 is 0 Å². The number of esters is 1. The summed E-state index contributed by atoms with van der Waals surface area (Å²) in [4.78, 5) is 11.9. The Morgan fingerprint density at radius 1 is 1.33 bits per heavy atom. The Balaban J connectivity index is 2.14. The van der Waals surface area contributed by atoms with Crippen LogP contribution < -0.4 is 5.32 Å². The van der Waals surface area contributed by atoms with E-state index in [0.717, 1.165) is 24.1 Å². The third kappa shape index (κ3) is 2.84. The molecule has 1 aromatic rings. The van der Waals surface area contributed by atoms with Crippen molar-refractivity contribution in [1.29, 1.82) is 0 Å². The fourth-order valence-electron chi connectivity index (χ4n) is 2.69. The normalized spacial score (nSPS) is 17.4. The average molecular weight is 247 g/mol. The van der Waals surface area contributed by atoms with Gasteiger partial charge in [0.05, 0.1) is 7.11 Å². The Kier molecular flexibility index (Phi) is 4.24. The zero-order chi connectivity index (χ0) is 13.0. The summed E-state index contributed by atoms with van der Waals surface area (Å²) in [6.07, 6.45) is 4.65. The van der Waals surface area contributed by atoms with Crippen LogP contribution in [0.4, 0.5) is 5.69 Å². The largest absolute Gasteiger partial charge is 0.467 e. The van der Waals surface area contributed by atoms with Crippen LogP contribution in [0.25, 0.3) is 0 Å². The Hall–Kier alpha value is -1.51. The van der Waals surface area contributed by atoms with Crippen molar-refractivity contribution < 1.29 is 9.53 Å². The van der Waals surface area contributed by atoms with Gasteiger partial charge >= 0.3 is 5.97 Å². The average Bonchev–Trinajstić information content (AvgIpc) is 2.90. The number of hydrogen-bond acceptors (Lipinski definition) is 3. The minimum Gasteiger partial charge on any atom is -0.467 e. The summed E-state index contributed by atoms with van der Waals surface area (Å²) in [6.45, 7) is 2.05. The first-order valence-electron chi connectivity index (χ1n) is 6.62. The Labute approximate surface area is 109 Å². The molecule has 0 saturated heterocycles. The predicted octanol–water partition coefficient (Wildman–Crippen LogP) is 3.14. The number of nitrogens with one attached hydrogen (secondary N) is 1. The van der Waals surface area contributed by atoms with Crippen molar-refractivity contribution in [3.8, 4) is 0 Å². The second kappa shape index (κ2) is 5.89. The fraction of sp³-hybridized carbons (Fsp3) is 0.533. The van der Waals surface area contributed by atoms with Gasteiger partial charge in [0.2, 0.25) is 0 Å². The molecule has 1 atom stereocenters. The molecule has 1 N–H and O–H groups in total. The maximum Gasteiger partial charge on any atom is 0.328 e. The molecule has 0 bridgehead atoms. The molecular formula is C15H21NO2. The number of aryl methyl sites for hydroxylation is 1. The highest BCUT2D eigenvalue weighted by atomic mass is 16.5. The monoisotopic (exact) mass is 247 g/mol. The van der Waals surface area contributed by atoms with Crippen LogP contribution in [-0.2, 0) is 9.53 Å². The van der Waals surface area contributed by atoms with Gasteiger partial charge < -0.3 is 10.1 Å². The Bertz CT molecular complexity index is 411. The highest BCUT2D eigenvalue weighted by molar-refractivity contribution is 5.80. The first kappa shape index (κ1) is 12.9. The molecular weight excluding hydrogens is 226 g/mol. The van der Waals surface area contributed by atoms with Crippen LogP contribution in [0.15, 0.2) is 24.3 Å². The predicted molar refractivity (Wildman–Crippen MR) is 72.6 cm³/mol. The van der Waals surface area contributed by atoms with Crippen molar-refractivity contribution in [3.63, 3.8) is 0 Å². The summed E-state index contributed by atoms with van der Waals surface area (Å²) >= 11 is 0. The molecule has 1 aliphatic carbocycles. The van der Waals surface area contributed by atoms with Crippen molar-refractivity contribution in [2.45, 2.75) is 38.6 Å². The molecule has 18 heavy (non-hydrogen) atoms. The maximum absolute atomic E-state index is 11.9. The fourth-order valence-corrected chi connectivity index (χ4v) is 2.69. The zero-order valence-corrected chi connectivity index (χ0v) is 11.1. The molecule has 0 aromatic heterocycles. The Morgan fingerprint density at radius 3 is 2.61 bits per heavy atom. The van der Waals surface area contributed by atoms with E-state index in [2.05, 4.69) is 5.32 Å². The Morgan fingerprint density at radius 2 is 2.00 bits per heavy atom. The van der Waals surface area contributed by atoms with Gasteiger partial charge in [0.25, 0.3) is 0 Å². The van der Waals surface area contributed by atoms with E-state index < -0.39 is 0 Å². The summed E-state index contributed by atoms with van der Waals surface area (Å²) in [5, 5.41) is 3.37. The standard InChI is InChI=1S/C15H21NO2/c1-11-7-3-6-10-13(11)16-14(15(17)18-2)12-8-4-5-9-12/h3,6-7,10,12,14,16H,4-5,8-9H2,1-2H3. The summed E-state index contributed by atoms with van der Waals surface area (Å²) in [6, 6.07) is 7.84. The van der Waals surface area contributed by atoms with Gasteiger partial charge in [-0.2, -0.15) is 0 Å². The quantitative estimate of drug-likeness (QED) is 0.831. The van der Waals surface area contributed by atoms with Gasteiger partial charge in [0.15, 0.2) is 0 Å². The van der Waals surface area contributed by atoms with E-state index in [4.69, 9.17) is 4.74 Å². The third-order valence-corrected chi connectivity index (χ3v) is 3.78. The number of para-hydroxylation sites is 1. The van der Waals surface area contributed by atoms with Gasteiger partial charge in [0, 0.05) is 5.69 Å². The minimum atomic E-state index is -0.210. The first-order chi connectivity index (χ1) is 8.72. The molecule has 1 aliphatic rings. The lowest BCUT2D eigenvalue weighted by molar-refractivity contribution is -0.142. The van der Waals surface area contributed by atoms with Crippen LogP contribution in [0.2, 0.25) is 0 Å². The SMILES string of the molecule is COC(=O)C(Nc1ccccc1C)C1CCCC1. The number of anilines is 1. The molecule has 0 radical (unpaired) electrons. The molecule has 2 rings (SSSR count). The highest BCUT2D eigenvalue weighted by Gasteiger charge is 2.31. The molecule has 1 unspecified atom stereocenters. The van der Waals surface area contributed by atoms with Crippen LogP contribution in [0.3, 0.4) is 0 Å².